The molecule has 0 atom stereocenters. The van der Waals surface area contributed by atoms with Crippen LogP contribution in [0.3, 0.4) is 0 Å². The Morgan fingerprint density at radius 1 is 1.53 bits per heavy atom. The SMILES string of the molecule is CC(=O)c1cc(OC(F)F)c(N)cc1Br. The molecule has 0 aliphatic heterocycles. The molecule has 0 spiro atoms. The van der Waals surface area contributed by atoms with Gasteiger partial charge in [-0.15, -0.1) is 0 Å². The van der Waals surface area contributed by atoms with E-state index in [4.69, 9.17) is 5.73 Å². The number of hydrogen-bond donors (Lipinski definition) is 1. The molecule has 6 heteroatoms. The Balaban J connectivity index is 3.17. The van der Waals surface area contributed by atoms with Gasteiger partial charge in [0, 0.05) is 10.0 Å². The minimum atomic E-state index is -2.96. The number of nitrogen functional groups attached to an aromatic ring is 1. The van der Waals surface area contributed by atoms with Crippen LogP contribution in [0.5, 0.6) is 5.75 Å². The number of carbonyl (C=O) groups is 1. The van der Waals surface area contributed by atoms with E-state index in [0.29, 0.717) is 4.47 Å². The van der Waals surface area contributed by atoms with Crippen molar-refractivity contribution in [2.75, 3.05) is 5.73 Å². The molecule has 1 aromatic carbocycles. The van der Waals surface area contributed by atoms with Crippen molar-refractivity contribution in [1.82, 2.24) is 0 Å². The minimum Gasteiger partial charge on any atom is -0.433 e. The van der Waals surface area contributed by atoms with Crippen molar-refractivity contribution in [1.29, 1.82) is 0 Å². The first-order valence-corrected chi connectivity index (χ1v) is 4.76. The van der Waals surface area contributed by atoms with Crippen molar-refractivity contribution >= 4 is 27.4 Å². The zero-order valence-electron chi connectivity index (χ0n) is 7.76. The maximum Gasteiger partial charge on any atom is 0.387 e. The Morgan fingerprint density at radius 3 is 2.60 bits per heavy atom. The fourth-order valence-corrected chi connectivity index (χ4v) is 1.68. The third kappa shape index (κ3) is 2.89. The fourth-order valence-electron chi connectivity index (χ4n) is 1.04. The lowest BCUT2D eigenvalue weighted by molar-refractivity contribution is -0.0493. The minimum absolute atomic E-state index is 0.0483. The molecule has 15 heavy (non-hydrogen) atoms. The molecule has 0 saturated carbocycles. The number of carbonyl (C=O) groups excluding carboxylic acids is 1. The Bertz CT molecular complexity index is 396. The highest BCUT2D eigenvalue weighted by atomic mass is 79.9. The van der Waals surface area contributed by atoms with Gasteiger partial charge in [0.25, 0.3) is 0 Å². The van der Waals surface area contributed by atoms with Gasteiger partial charge in [0.15, 0.2) is 5.78 Å². The molecule has 0 aliphatic carbocycles. The van der Waals surface area contributed by atoms with Crippen LogP contribution in [0.25, 0.3) is 0 Å². The third-order valence-corrected chi connectivity index (χ3v) is 2.35. The van der Waals surface area contributed by atoms with Crippen LogP contribution in [0.15, 0.2) is 16.6 Å². The van der Waals surface area contributed by atoms with Gasteiger partial charge in [-0.25, -0.2) is 0 Å². The Kier molecular flexibility index (Phi) is 3.62. The molecule has 0 fully saturated rings. The zero-order chi connectivity index (χ0) is 11.6. The van der Waals surface area contributed by atoms with E-state index in [1.165, 1.54) is 19.1 Å². The summed E-state index contributed by atoms with van der Waals surface area (Å²) < 4.78 is 28.5. The average Bonchev–Trinajstić information content (AvgIpc) is 2.08. The lowest BCUT2D eigenvalue weighted by atomic mass is 10.1. The topological polar surface area (TPSA) is 52.3 Å². The molecule has 82 valence electrons. The molecule has 3 nitrogen and oxygen atoms in total. The lowest BCUT2D eigenvalue weighted by Crippen LogP contribution is -2.06. The van der Waals surface area contributed by atoms with Crippen LogP contribution in [-0.2, 0) is 0 Å². The van der Waals surface area contributed by atoms with Gasteiger partial charge in [0.05, 0.1) is 5.69 Å². The van der Waals surface area contributed by atoms with Gasteiger partial charge in [-0.05, 0) is 35.0 Å². The van der Waals surface area contributed by atoms with Crippen LogP contribution in [-0.4, -0.2) is 12.4 Å². The molecule has 0 aliphatic rings. The highest BCUT2D eigenvalue weighted by molar-refractivity contribution is 9.10. The highest BCUT2D eigenvalue weighted by Gasteiger charge is 2.13. The first-order valence-electron chi connectivity index (χ1n) is 3.96. The quantitative estimate of drug-likeness (QED) is 0.684. The molecule has 0 amide bonds. The van der Waals surface area contributed by atoms with E-state index >= 15 is 0 Å². The van der Waals surface area contributed by atoms with Crippen LogP contribution in [0.1, 0.15) is 17.3 Å². The standard InChI is InChI=1S/C9H8BrF2NO2/c1-4(14)5-2-8(15-9(11)12)7(13)3-6(5)10/h2-3,9H,13H2,1H3. The summed E-state index contributed by atoms with van der Waals surface area (Å²) in [6.45, 7) is -1.64. The molecule has 1 rings (SSSR count). The molecule has 1 aromatic rings. The van der Waals surface area contributed by atoms with Crippen molar-refractivity contribution in [2.24, 2.45) is 0 Å². The molecule has 0 heterocycles. The van der Waals surface area contributed by atoms with E-state index in [1.54, 1.807) is 0 Å². The van der Waals surface area contributed by atoms with Crippen molar-refractivity contribution in [2.45, 2.75) is 13.5 Å². The molecule has 2 N–H and O–H groups in total. The Morgan fingerprint density at radius 2 is 2.13 bits per heavy atom. The van der Waals surface area contributed by atoms with E-state index in [1.807, 2.05) is 0 Å². The van der Waals surface area contributed by atoms with Crippen LogP contribution >= 0.6 is 15.9 Å². The van der Waals surface area contributed by atoms with Crippen molar-refractivity contribution < 1.29 is 18.3 Å². The molecule has 0 saturated heterocycles. The number of anilines is 1. The Labute approximate surface area is 93.3 Å². The van der Waals surface area contributed by atoms with Crippen molar-refractivity contribution in [3.05, 3.63) is 22.2 Å². The predicted octanol–water partition coefficient (Wildman–Crippen LogP) is 2.84. The summed E-state index contributed by atoms with van der Waals surface area (Å²) in [5.41, 5.74) is 5.74. The summed E-state index contributed by atoms with van der Waals surface area (Å²) in [5.74, 6) is -0.459. The van der Waals surface area contributed by atoms with Gasteiger partial charge in [-0.3, -0.25) is 4.79 Å². The molecular weight excluding hydrogens is 272 g/mol. The van der Waals surface area contributed by atoms with E-state index in [-0.39, 0.29) is 22.8 Å². The molecule has 0 aromatic heterocycles. The predicted molar refractivity (Wildman–Crippen MR) is 55.2 cm³/mol. The van der Waals surface area contributed by atoms with Gasteiger partial charge >= 0.3 is 6.61 Å². The normalized spacial score (nSPS) is 10.5. The fraction of sp³-hybridized carbons (Fsp3) is 0.222. The van der Waals surface area contributed by atoms with E-state index in [2.05, 4.69) is 20.7 Å². The number of rotatable bonds is 3. The summed E-state index contributed by atoms with van der Waals surface area (Å²) in [7, 11) is 0. The highest BCUT2D eigenvalue weighted by Crippen LogP contribution is 2.30. The average molecular weight is 280 g/mol. The van der Waals surface area contributed by atoms with Gasteiger partial charge in [-0.2, -0.15) is 8.78 Å². The molecule has 0 radical (unpaired) electrons. The van der Waals surface area contributed by atoms with E-state index < -0.39 is 6.61 Å². The second-order valence-corrected chi connectivity index (χ2v) is 3.66. The summed E-state index contributed by atoms with van der Waals surface area (Å²) in [6, 6.07) is 2.54. The largest absolute Gasteiger partial charge is 0.433 e. The first-order chi connectivity index (χ1) is 6.91. The summed E-state index contributed by atoms with van der Waals surface area (Å²) in [5, 5.41) is 0. The van der Waals surface area contributed by atoms with Gasteiger partial charge in [0.2, 0.25) is 0 Å². The van der Waals surface area contributed by atoms with Gasteiger partial charge < -0.3 is 10.5 Å². The Hall–Kier alpha value is -1.17. The molecular formula is C9H8BrF2NO2. The number of halogens is 3. The van der Waals surface area contributed by atoms with Crippen LogP contribution in [0.4, 0.5) is 14.5 Å². The van der Waals surface area contributed by atoms with E-state index in [0.717, 1.165) is 0 Å². The molecule has 0 bridgehead atoms. The van der Waals surface area contributed by atoms with Gasteiger partial charge in [-0.1, -0.05) is 0 Å². The number of hydrogen-bond acceptors (Lipinski definition) is 3. The number of nitrogens with two attached hydrogens (primary N) is 1. The van der Waals surface area contributed by atoms with E-state index in [9.17, 15) is 13.6 Å². The second-order valence-electron chi connectivity index (χ2n) is 2.80. The second kappa shape index (κ2) is 4.57. The number of Topliss-reactive ketones (excluding diaryl/α,β-unsaturated/α-hetero) is 1. The van der Waals surface area contributed by atoms with Crippen LogP contribution in [0.2, 0.25) is 0 Å². The monoisotopic (exact) mass is 279 g/mol. The maximum atomic E-state index is 12.0. The number of alkyl halides is 2. The molecule has 0 unspecified atom stereocenters. The van der Waals surface area contributed by atoms with Crippen LogP contribution < -0.4 is 10.5 Å². The third-order valence-electron chi connectivity index (χ3n) is 1.69. The van der Waals surface area contributed by atoms with Gasteiger partial charge in [0.1, 0.15) is 5.75 Å². The summed E-state index contributed by atoms with van der Waals surface area (Å²) in [6.07, 6.45) is 0. The number of benzene rings is 1. The maximum absolute atomic E-state index is 12.0. The smallest absolute Gasteiger partial charge is 0.387 e. The van der Waals surface area contributed by atoms with Crippen molar-refractivity contribution in [3.63, 3.8) is 0 Å². The van der Waals surface area contributed by atoms with Crippen molar-refractivity contribution in [3.8, 4) is 5.75 Å². The number of ketones is 1. The number of ether oxygens (including phenoxy) is 1. The zero-order valence-corrected chi connectivity index (χ0v) is 9.35. The summed E-state index contributed by atoms with van der Waals surface area (Å²) >= 11 is 3.10. The first kappa shape index (κ1) is 11.9. The van der Waals surface area contributed by atoms with Crippen LogP contribution in [0, 0.1) is 0 Å². The lowest BCUT2D eigenvalue weighted by Gasteiger charge is -2.10. The summed E-state index contributed by atoms with van der Waals surface area (Å²) in [4.78, 5) is 11.1.